The number of imide groups is 1. The number of amides is 2. The van der Waals surface area contributed by atoms with E-state index in [4.69, 9.17) is 4.74 Å². The van der Waals surface area contributed by atoms with Gasteiger partial charge in [0.2, 0.25) is 5.91 Å². The zero-order chi connectivity index (χ0) is 20.3. The van der Waals surface area contributed by atoms with Crippen molar-refractivity contribution in [3.05, 3.63) is 65.2 Å². The first-order chi connectivity index (χ1) is 13.2. The van der Waals surface area contributed by atoms with Gasteiger partial charge >= 0.3 is 6.18 Å². The molecule has 0 bridgehead atoms. The molecule has 1 aliphatic rings. The molecule has 2 unspecified atom stereocenters. The summed E-state index contributed by atoms with van der Waals surface area (Å²) in [5, 5.41) is 1.48. The number of alkyl halides is 3. The largest absolute Gasteiger partial charge is 0.493 e. The molecule has 1 fully saturated rings. The van der Waals surface area contributed by atoms with Crippen LogP contribution in [-0.2, 0) is 17.4 Å². The van der Waals surface area contributed by atoms with E-state index in [0.717, 1.165) is 29.5 Å². The van der Waals surface area contributed by atoms with Crippen LogP contribution >= 0.6 is 11.8 Å². The van der Waals surface area contributed by atoms with Crippen molar-refractivity contribution in [1.82, 2.24) is 5.32 Å². The average Bonchev–Trinajstić information content (AvgIpc) is 2.97. The molecule has 0 aromatic heterocycles. The van der Waals surface area contributed by atoms with Gasteiger partial charge in [-0.15, -0.1) is 0 Å². The number of thioether (sulfide) groups is 1. The van der Waals surface area contributed by atoms with Crippen LogP contribution in [0.15, 0.2) is 48.5 Å². The standard InChI is InChI=1S/C20H18F3NO3S/c1-12(14-3-2-4-15(10-14)20(21,22)23)11-27-16-7-5-13(6-8-16)9-17-18(25)24-19(26)28-17/h2-8,10,12,17H,9,11H2,1H3,(H,24,25,26). The molecule has 0 radical (unpaired) electrons. The predicted molar refractivity (Wildman–Crippen MR) is 100 cm³/mol. The van der Waals surface area contributed by atoms with Crippen molar-refractivity contribution in [2.75, 3.05) is 6.61 Å². The number of halogens is 3. The number of carbonyl (C=O) groups is 2. The summed E-state index contributed by atoms with van der Waals surface area (Å²) in [7, 11) is 0. The lowest BCUT2D eigenvalue weighted by molar-refractivity contribution is -0.137. The summed E-state index contributed by atoms with van der Waals surface area (Å²) in [4.78, 5) is 22.8. The van der Waals surface area contributed by atoms with E-state index in [1.54, 1.807) is 37.3 Å². The van der Waals surface area contributed by atoms with Gasteiger partial charge in [0, 0.05) is 5.92 Å². The van der Waals surface area contributed by atoms with Crippen LogP contribution in [0.4, 0.5) is 18.0 Å². The lowest BCUT2D eigenvalue weighted by Crippen LogP contribution is -2.25. The van der Waals surface area contributed by atoms with E-state index in [-0.39, 0.29) is 23.7 Å². The summed E-state index contributed by atoms with van der Waals surface area (Å²) in [5.74, 6) is 0.0824. The van der Waals surface area contributed by atoms with Crippen LogP contribution < -0.4 is 10.1 Å². The van der Waals surface area contributed by atoms with Gasteiger partial charge < -0.3 is 4.74 Å². The molecule has 1 saturated heterocycles. The number of benzene rings is 2. The molecule has 28 heavy (non-hydrogen) atoms. The fraction of sp³-hybridized carbons (Fsp3) is 0.300. The van der Waals surface area contributed by atoms with E-state index in [0.29, 0.717) is 17.7 Å². The zero-order valence-corrected chi connectivity index (χ0v) is 15.8. The summed E-state index contributed by atoms with van der Waals surface area (Å²) in [6, 6.07) is 12.3. The molecule has 1 aliphatic heterocycles. The highest BCUT2D eigenvalue weighted by Crippen LogP contribution is 2.31. The summed E-state index contributed by atoms with van der Waals surface area (Å²) in [5.41, 5.74) is 0.773. The van der Waals surface area contributed by atoms with Crippen molar-refractivity contribution in [1.29, 1.82) is 0 Å². The Hall–Kier alpha value is -2.48. The lowest BCUT2D eigenvalue weighted by Gasteiger charge is -2.16. The molecule has 3 rings (SSSR count). The second kappa shape index (κ2) is 8.26. The molecule has 4 nitrogen and oxygen atoms in total. The van der Waals surface area contributed by atoms with E-state index < -0.39 is 17.0 Å². The Balaban J connectivity index is 1.56. The number of rotatable bonds is 6. The summed E-state index contributed by atoms with van der Waals surface area (Å²) < 4.78 is 44.2. The number of hydrogen-bond donors (Lipinski definition) is 1. The second-order valence-electron chi connectivity index (χ2n) is 6.57. The summed E-state index contributed by atoms with van der Waals surface area (Å²) in [6.07, 6.45) is -3.94. The molecule has 0 aliphatic carbocycles. The van der Waals surface area contributed by atoms with Gasteiger partial charge in [0.1, 0.15) is 5.75 Å². The van der Waals surface area contributed by atoms with Crippen molar-refractivity contribution < 1.29 is 27.5 Å². The minimum Gasteiger partial charge on any atom is -0.493 e. The highest BCUT2D eigenvalue weighted by atomic mass is 32.2. The Morgan fingerprint density at radius 2 is 1.86 bits per heavy atom. The van der Waals surface area contributed by atoms with Crippen LogP contribution in [0.5, 0.6) is 5.75 Å². The van der Waals surface area contributed by atoms with Gasteiger partial charge in [-0.3, -0.25) is 14.9 Å². The Morgan fingerprint density at radius 1 is 1.14 bits per heavy atom. The lowest BCUT2D eigenvalue weighted by atomic mass is 9.99. The molecule has 1 N–H and O–H groups in total. The number of carbonyl (C=O) groups excluding carboxylic acids is 2. The van der Waals surface area contributed by atoms with Crippen molar-refractivity contribution in [3.8, 4) is 5.75 Å². The van der Waals surface area contributed by atoms with Crippen molar-refractivity contribution in [2.24, 2.45) is 0 Å². The third-order valence-electron chi connectivity index (χ3n) is 4.39. The molecule has 0 saturated carbocycles. The Morgan fingerprint density at radius 3 is 2.46 bits per heavy atom. The smallest absolute Gasteiger partial charge is 0.416 e. The number of hydrogen-bond acceptors (Lipinski definition) is 4. The molecule has 0 spiro atoms. The van der Waals surface area contributed by atoms with Crippen LogP contribution in [0.2, 0.25) is 0 Å². The van der Waals surface area contributed by atoms with Crippen LogP contribution in [0.3, 0.4) is 0 Å². The van der Waals surface area contributed by atoms with Crippen molar-refractivity contribution >= 4 is 22.9 Å². The van der Waals surface area contributed by atoms with Gasteiger partial charge in [0.25, 0.3) is 5.24 Å². The molecule has 2 amide bonds. The van der Waals surface area contributed by atoms with E-state index in [2.05, 4.69) is 5.32 Å². The maximum atomic E-state index is 12.8. The average molecular weight is 409 g/mol. The second-order valence-corrected chi connectivity index (χ2v) is 7.74. The minimum atomic E-state index is -4.37. The van der Waals surface area contributed by atoms with Crippen LogP contribution in [0.25, 0.3) is 0 Å². The molecular formula is C20H18F3NO3S. The van der Waals surface area contributed by atoms with Gasteiger partial charge in [-0.25, -0.2) is 0 Å². The Labute approximate surface area is 164 Å². The molecule has 8 heteroatoms. The first kappa shape index (κ1) is 20.3. The van der Waals surface area contributed by atoms with Crippen LogP contribution in [0.1, 0.15) is 29.5 Å². The third kappa shape index (κ3) is 5.07. The van der Waals surface area contributed by atoms with Crippen molar-refractivity contribution in [3.63, 3.8) is 0 Å². The molecule has 2 aromatic carbocycles. The fourth-order valence-electron chi connectivity index (χ4n) is 2.80. The van der Waals surface area contributed by atoms with Crippen molar-refractivity contribution in [2.45, 2.75) is 30.7 Å². The topological polar surface area (TPSA) is 55.4 Å². The maximum Gasteiger partial charge on any atom is 0.416 e. The summed E-state index contributed by atoms with van der Waals surface area (Å²) >= 11 is 0.976. The molecular weight excluding hydrogens is 391 g/mol. The molecule has 2 aromatic rings. The SMILES string of the molecule is CC(COc1ccc(CC2SC(=O)NC2=O)cc1)c1cccc(C(F)(F)F)c1. The molecule has 2 atom stereocenters. The normalized spacial score (nSPS) is 18.1. The third-order valence-corrected chi connectivity index (χ3v) is 5.38. The Bertz CT molecular complexity index is 868. The highest BCUT2D eigenvalue weighted by Gasteiger charge is 2.32. The van der Waals surface area contributed by atoms with E-state index in [1.165, 1.54) is 6.07 Å². The monoisotopic (exact) mass is 409 g/mol. The minimum absolute atomic E-state index is 0.216. The Kier molecular flexibility index (Phi) is 5.98. The van der Waals surface area contributed by atoms with Gasteiger partial charge in [0.05, 0.1) is 17.4 Å². The number of ether oxygens (including phenoxy) is 1. The van der Waals surface area contributed by atoms with Gasteiger partial charge in [-0.05, 0) is 35.7 Å². The van der Waals surface area contributed by atoms with E-state index >= 15 is 0 Å². The van der Waals surface area contributed by atoms with E-state index in [9.17, 15) is 22.8 Å². The predicted octanol–water partition coefficient (Wildman–Crippen LogP) is 4.78. The van der Waals surface area contributed by atoms with E-state index in [1.807, 2.05) is 0 Å². The highest BCUT2D eigenvalue weighted by molar-refractivity contribution is 8.15. The summed E-state index contributed by atoms with van der Waals surface area (Å²) in [6.45, 7) is 2.03. The molecule has 148 valence electrons. The van der Waals surface area contributed by atoms with Crippen LogP contribution in [-0.4, -0.2) is 23.0 Å². The van der Waals surface area contributed by atoms with Gasteiger partial charge in [-0.2, -0.15) is 13.2 Å². The first-order valence-corrected chi connectivity index (χ1v) is 9.50. The maximum absolute atomic E-state index is 12.8. The fourth-order valence-corrected chi connectivity index (χ4v) is 3.66. The number of nitrogens with one attached hydrogen (secondary N) is 1. The van der Waals surface area contributed by atoms with Gasteiger partial charge in [-0.1, -0.05) is 49.0 Å². The van der Waals surface area contributed by atoms with Crippen LogP contribution in [0, 0.1) is 0 Å². The first-order valence-electron chi connectivity index (χ1n) is 8.63. The quantitative estimate of drug-likeness (QED) is 0.746. The van der Waals surface area contributed by atoms with Gasteiger partial charge in [0.15, 0.2) is 0 Å². The zero-order valence-electron chi connectivity index (χ0n) is 15.0. The molecule has 1 heterocycles.